The number of rotatable bonds is 2. The van der Waals surface area contributed by atoms with Crippen LogP contribution in [-0.4, -0.2) is 5.24 Å². The molecule has 1 nitrogen and oxygen atoms in total. The third-order valence-corrected chi connectivity index (χ3v) is 2.36. The van der Waals surface area contributed by atoms with E-state index in [1.165, 1.54) is 0 Å². The van der Waals surface area contributed by atoms with Crippen LogP contribution in [0.2, 0.25) is 0 Å². The summed E-state index contributed by atoms with van der Waals surface area (Å²) in [6.45, 7) is 11.5. The van der Waals surface area contributed by atoms with Gasteiger partial charge >= 0.3 is 5.24 Å². The van der Waals surface area contributed by atoms with Gasteiger partial charge in [0.1, 0.15) is 5.56 Å². The van der Waals surface area contributed by atoms with E-state index in [2.05, 4.69) is 0 Å². The van der Waals surface area contributed by atoms with Crippen molar-refractivity contribution in [1.82, 2.24) is 0 Å². The fourth-order valence-corrected chi connectivity index (χ4v) is 1.80. The zero-order valence-electron chi connectivity index (χ0n) is 8.52. The van der Waals surface area contributed by atoms with E-state index >= 15 is 0 Å². The molecule has 0 bridgehead atoms. The monoisotopic (exact) mass is 207 g/mol. The van der Waals surface area contributed by atoms with Crippen LogP contribution in [0, 0.1) is 27.4 Å². The van der Waals surface area contributed by atoms with Crippen LogP contribution in [0.25, 0.3) is 5.57 Å². The predicted octanol–water partition coefficient (Wildman–Crippen LogP) is 3.19. The SMILES string of the molecule is [CH+]=C(C(=O)Cl)c1c(C)cc(C)cc1C. The van der Waals surface area contributed by atoms with Gasteiger partial charge < -0.3 is 0 Å². The summed E-state index contributed by atoms with van der Waals surface area (Å²) in [6, 6.07) is 3.96. The summed E-state index contributed by atoms with van der Waals surface area (Å²) in [5.74, 6) is 0. The highest BCUT2D eigenvalue weighted by molar-refractivity contribution is 6.74. The van der Waals surface area contributed by atoms with Gasteiger partial charge in [-0.1, -0.05) is 0 Å². The molecular formula is C12H12ClO+. The van der Waals surface area contributed by atoms with Gasteiger partial charge in [-0.15, -0.1) is 0 Å². The first-order valence-corrected chi connectivity index (χ1v) is 4.71. The Morgan fingerprint density at radius 1 is 1.21 bits per heavy atom. The van der Waals surface area contributed by atoms with Gasteiger partial charge in [0.15, 0.2) is 0 Å². The smallest absolute Gasteiger partial charge is 0.194 e. The second-order valence-electron chi connectivity index (χ2n) is 3.46. The minimum absolute atomic E-state index is 0.127. The quantitative estimate of drug-likeness (QED) is 0.414. The molecule has 14 heavy (non-hydrogen) atoms. The van der Waals surface area contributed by atoms with Crippen LogP contribution in [0.4, 0.5) is 0 Å². The van der Waals surface area contributed by atoms with Crippen molar-refractivity contribution in [2.75, 3.05) is 0 Å². The Kier molecular flexibility index (Phi) is 3.05. The van der Waals surface area contributed by atoms with E-state index in [0.717, 1.165) is 22.3 Å². The molecule has 1 aromatic carbocycles. The Morgan fingerprint density at radius 2 is 1.64 bits per heavy atom. The van der Waals surface area contributed by atoms with Gasteiger partial charge in [0.05, 0.1) is 0 Å². The lowest BCUT2D eigenvalue weighted by Gasteiger charge is -2.03. The molecule has 0 radical (unpaired) electrons. The molecule has 1 rings (SSSR count). The van der Waals surface area contributed by atoms with Gasteiger partial charge in [-0.2, -0.15) is 4.79 Å². The van der Waals surface area contributed by atoms with Crippen LogP contribution in [-0.2, 0) is 4.79 Å². The third-order valence-electron chi connectivity index (χ3n) is 2.16. The fraction of sp³-hybridized carbons (Fsp3) is 0.250. The lowest BCUT2D eigenvalue weighted by molar-refractivity contribution is -0.106. The third kappa shape index (κ3) is 2.01. The van der Waals surface area contributed by atoms with Gasteiger partial charge in [-0.3, -0.25) is 0 Å². The van der Waals surface area contributed by atoms with Crippen molar-refractivity contribution in [3.63, 3.8) is 0 Å². The first kappa shape index (κ1) is 10.9. The van der Waals surface area contributed by atoms with Gasteiger partial charge in [-0.25, -0.2) is 0 Å². The van der Waals surface area contributed by atoms with Crippen LogP contribution in [0.5, 0.6) is 0 Å². The maximum absolute atomic E-state index is 10.9. The first-order valence-electron chi connectivity index (χ1n) is 4.34. The minimum Gasteiger partial charge on any atom is -0.194 e. The molecule has 0 saturated heterocycles. The Labute approximate surface area is 89.4 Å². The first-order chi connectivity index (χ1) is 6.43. The molecule has 0 aliphatic rings. The summed E-state index contributed by atoms with van der Waals surface area (Å²) in [6.07, 6.45) is 0. The Balaban J connectivity index is 3.35. The largest absolute Gasteiger partial charge is 0.373 e. The Hall–Kier alpha value is -1.17. The lowest BCUT2D eigenvalue weighted by atomic mass is 9.95. The van der Waals surface area contributed by atoms with Gasteiger partial charge in [0.2, 0.25) is 5.57 Å². The molecule has 72 valence electrons. The van der Waals surface area contributed by atoms with Gasteiger partial charge in [-0.05, 0) is 38.5 Å². The van der Waals surface area contributed by atoms with Crippen molar-refractivity contribution in [1.29, 1.82) is 0 Å². The average Bonchev–Trinajstić information content (AvgIpc) is 2.01. The van der Waals surface area contributed by atoms with Crippen molar-refractivity contribution >= 4 is 22.4 Å². The lowest BCUT2D eigenvalue weighted by Crippen LogP contribution is -1.98. The molecule has 0 unspecified atom stereocenters. The van der Waals surface area contributed by atoms with E-state index in [1.807, 2.05) is 32.9 Å². The van der Waals surface area contributed by atoms with E-state index in [1.54, 1.807) is 0 Å². The van der Waals surface area contributed by atoms with E-state index < -0.39 is 5.24 Å². The highest BCUT2D eigenvalue weighted by Gasteiger charge is 2.23. The molecule has 2 heteroatoms. The predicted molar refractivity (Wildman–Crippen MR) is 59.2 cm³/mol. The van der Waals surface area contributed by atoms with Crippen molar-refractivity contribution in [2.24, 2.45) is 0 Å². The Bertz CT molecular complexity index is 382. The number of hydrogen-bond donors (Lipinski definition) is 0. The number of benzene rings is 1. The zero-order chi connectivity index (χ0) is 10.9. The van der Waals surface area contributed by atoms with Crippen molar-refractivity contribution in [3.05, 3.63) is 41.0 Å². The van der Waals surface area contributed by atoms with Crippen molar-refractivity contribution < 1.29 is 4.79 Å². The van der Waals surface area contributed by atoms with E-state index in [0.29, 0.717) is 0 Å². The number of carbonyl (C=O) groups excluding carboxylic acids is 1. The Morgan fingerprint density at radius 3 is 2.00 bits per heavy atom. The molecule has 0 fully saturated rings. The molecule has 0 aromatic heterocycles. The summed E-state index contributed by atoms with van der Waals surface area (Å²) in [4.78, 5) is 10.9. The molecule has 0 N–H and O–H groups in total. The highest BCUT2D eigenvalue weighted by atomic mass is 35.5. The van der Waals surface area contributed by atoms with Crippen LogP contribution in [0.3, 0.4) is 0 Å². The fourth-order valence-electron chi connectivity index (χ4n) is 1.70. The molecule has 0 heterocycles. The second kappa shape index (κ2) is 3.91. The molecular weight excluding hydrogens is 196 g/mol. The number of aryl methyl sites for hydroxylation is 3. The topological polar surface area (TPSA) is 17.1 Å². The van der Waals surface area contributed by atoms with Crippen LogP contribution in [0.15, 0.2) is 12.1 Å². The van der Waals surface area contributed by atoms with Crippen LogP contribution in [0.1, 0.15) is 22.3 Å². The molecule has 0 aliphatic heterocycles. The second-order valence-corrected chi connectivity index (χ2v) is 3.80. The summed E-state index contributed by atoms with van der Waals surface area (Å²) >= 11 is 5.35. The number of hydrogen-bond acceptors (Lipinski definition) is 1. The number of allylic oxidation sites excluding steroid dienone is 1. The summed E-state index contributed by atoms with van der Waals surface area (Å²) < 4.78 is 0. The van der Waals surface area contributed by atoms with E-state index in [9.17, 15) is 4.79 Å². The highest BCUT2D eigenvalue weighted by Crippen LogP contribution is 2.24. The van der Waals surface area contributed by atoms with Crippen LogP contribution < -0.4 is 0 Å². The maximum atomic E-state index is 10.9. The standard InChI is InChI=1S/C12H12ClO/c1-7-5-8(2)11(9(3)6-7)10(4)12(13)14/h4-6H,1-3H3/q+1. The average molecular weight is 208 g/mol. The van der Waals surface area contributed by atoms with E-state index in [-0.39, 0.29) is 5.57 Å². The van der Waals surface area contributed by atoms with Crippen molar-refractivity contribution in [3.8, 4) is 0 Å². The van der Waals surface area contributed by atoms with Gasteiger partial charge in [0.25, 0.3) is 0 Å². The molecule has 0 amide bonds. The molecule has 1 aromatic rings. The summed E-state index contributed by atoms with van der Waals surface area (Å²) in [5.41, 5.74) is 4.00. The van der Waals surface area contributed by atoms with E-state index in [4.69, 9.17) is 18.2 Å². The minimum atomic E-state index is -0.597. The molecule has 0 aliphatic carbocycles. The van der Waals surface area contributed by atoms with Crippen LogP contribution >= 0.6 is 11.6 Å². The van der Waals surface area contributed by atoms with Crippen molar-refractivity contribution in [2.45, 2.75) is 20.8 Å². The zero-order valence-corrected chi connectivity index (χ0v) is 9.27. The molecule has 0 atom stereocenters. The molecule has 0 spiro atoms. The number of halogens is 1. The van der Waals surface area contributed by atoms with Gasteiger partial charge in [0, 0.05) is 29.3 Å². The maximum Gasteiger partial charge on any atom is 0.373 e. The number of carbonyl (C=O) groups is 1. The summed E-state index contributed by atoms with van der Waals surface area (Å²) in [5, 5.41) is -0.597. The normalized spacial score (nSPS) is 9.93. The molecule has 0 saturated carbocycles. The summed E-state index contributed by atoms with van der Waals surface area (Å²) in [7, 11) is 0.